The lowest BCUT2D eigenvalue weighted by molar-refractivity contribution is -0.137. The summed E-state index contributed by atoms with van der Waals surface area (Å²) in [5.41, 5.74) is 0.519. The molecule has 1 aromatic rings. The average Bonchev–Trinajstić information content (AvgIpc) is 2.99. The minimum Gasteiger partial charge on any atom is -0.319 e. The average molecular weight is 229 g/mol. The molecule has 88 valence electrons. The van der Waals surface area contributed by atoms with Gasteiger partial charge >= 0.3 is 6.18 Å². The molecule has 0 radical (unpaired) electrons. The molecule has 2 rings (SSSR count). The lowest BCUT2D eigenvalue weighted by atomic mass is 9.95. The van der Waals surface area contributed by atoms with Gasteiger partial charge in [-0.3, -0.25) is 0 Å². The quantitative estimate of drug-likeness (QED) is 0.840. The van der Waals surface area contributed by atoms with Crippen LogP contribution < -0.4 is 5.32 Å². The van der Waals surface area contributed by atoms with Crippen molar-refractivity contribution in [3.05, 3.63) is 35.4 Å². The highest BCUT2D eigenvalue weighted by molar-refractivity contribution is 5.35. The fourth-order valence-electron chi connectivity index (χ4n) is 2.07. The van der Waals surface area contributed by atoms with Gasteiger partial charge in [0, 0.05) is 12.0 Å². The Hall–Kier alpha value is -1.03. The summed E-state index contributed by atoms with van der Waals surface area (Å²) in [6, 6.07) is 5.55. The summed E-state index contributed by atoms with van der Waals surface area (Å²) in [6.07, 6.45) is -2.13. The molecule has 1 aliphatic carbocycles. The molecule has 4 heteroatoms. The maximum atomic E-state index is 12.4. The molecule has 1 N–H and O–H groups in total. The largest absolute Gasteiger partial charge is 0.416 e. The lowest BCUT2D eigenvalue weighted by Crippen LogP contribution is -2.23. The first kappa shape index (κ1) is 11.5. The highest BCUT2D eigenvalue weighted by Crippen LogP contribution is 2.47. The Balaban J connectivity index is 2.20. The normalized spacial score (nSPS) is 18.5. The van der Waals surface area contributed by atoms with Crippen LogP contribution in [-0.2, 0) is 11.6 Å². The summed E-state index contributed by atoms with van der Waals surface area (Å²) in [6.45, 7) is 0.832. The van der Waals surface area contributed by atoms with Gasteiger partial charge in [-0.2, -0.15) is 13.2 Å². The zero-order valence-corrected chi connectivity index (χ0v) is 9.06. The molecule has 0 aromatic heterocycles. The molecule has 0 bridgehead atoms. The van der Waals surface area contributed by atoms with Crippen LogP contribution in [0.1, 0.15) is 24.0 Å². The molecule has 16 heavy (non-hydrogen) atoms. The molecule has 0 heterocycles. The molecule has 0 amide bonds. The van der Waals surface area contributed by atoms with Crippen molar-refractivity contribution in [2.24, 2.45) is 0 Å². The molecule has 0 aliphatic heterocycles. The van der Waals surface area contributed by atoms with Gasteiger partial charge in [-0.05, 0) is 37.6 Å². The van der Waals surface area contributed by atoms with E-state index in [-0.39, 0.29) is 5.41 Å². The Morgan fingerprint density at radius 3 is 2.12 bits per heavy atom. The SMILES string of the molecule is CNCC1(c2ccc(C(F)(F)F)cc2)CC1. The predicted octanol–water partition coefficient (Wildman–Crippen LogP) is 2.96. The van der Waals surface area contributed by atoms with Crippen LogP contribution in [-0.4, -0.2) is 13.6 Å². The van der Waals surface area contributed by atoms with Gasteiger partial charge in [0.1, 0.15) is 0 Å². The van der Waals surface area contributed by atoms with E-state index in [4.69, 9.17) is 0 Å². The van der Waals surface area contributed by atoms with Crippen molar-refractivity contribution in [2.75, 3.05) is 13.6 Å². The Labute approximate surface area is 92.7 Å². The molecule has 0 spiro atoms. The third-order valence-corrected chi connectivity index (χ3v) is 3.19. The second kappa shape index (κ2) is 3.77. The van der Waals surface area contributed by atoms with E-state index in [1.54, 1.807) is 12.1 Å². The van der Waals surface area contributed by atoms with Crippen LogP contribution in [0.2, 0.25) is 0 Å². The second-order valence-electron chi connectivity index (χ2n) is 4.39. The Kier molecular flexibility index (Phi) is 2.70. The third kappa shape index (κ3) is 2.07. The molecule has 0 saturated heterocycles. The Morgan fingerprint density at radius 2 is 1.75 bits per heavy atom. The predicted molar refractivity (Wildman–Crippen MR) is 56.3 cm³/mol. The molecular weight excluding hydrogens is 215 g/mol. The molecule has 1 nitrogen and oxygen atoms in total. The molecule has 1 saturated carbocycles. The second-order valence-corrected chi connectivity index (χ2v) is 4.39. The summed E-state index contributed by atoms with van der Waals surface area (Å²) in [5.74, 6) is 0. The Morgan fingerprint density at radius 1 is 1.19 bits per heavy atom. The van der Waals surface area contributed by atoms with Gasteiger partial charge in [-0.25, -0.2) is 0 Å². The number of nitrogens with one attached hydrogen (secondary N) is 1. The van der Waals surface area contributed by atoms with Crippen LogP contribution in [0.5, 0.6) is 0 Å². The topological polar surface area (TPSA) is 12.0 Å². The van der Waals surface area contributed by atoms with Crippen LogP contribution >= 0.6 is 0 Å². The Bertz CT molecular complexity index is 363. The van der Waals surface area contributed by atoms with Gasteiger partial charge in [0.2, 0.25) is 0 Å². The number of halogens is 3. The first-order valence-corrected chi connectivity index (χ1v) is 5.30. The molecule has 1 aliphatic rings. The monoisotopic (exact) mass is 229 g/mol. The zero-order chi connectivity index (χ0) is 11.8. The number of rotatable bonds is 3. The van der Waals surface area contributed by atoms with Crippen LogP contribution in [0.15, 0.2) is 24.3 Å². The molecule has 1 aromatic carbocycles. The number of likely N-dealkylation sites (N-methyl/N-ethyl adjacent to an activating group) is 1. The van der Waals surface area contributed by atoms with Gasteiger partial charge in [-0.15, -0.1) is 0 Å². The summed E-state index contributed by atoms with van der Waals surface area (Å²) in [7, 11) is 1.87. The maximum Gasteiger partial charge on any atom is 0.416 e. The van der Waals surface area contributed by atoms with Crippen molar-refractivity contribution in [2.45, 2.75) is 24.4 Å². The summed E-state index contributed by atoms with van der Waals surface area (Å²) in [4.78, 5) is 0. The molecule has 0 atom stereocenters. The van der Waals surface area contributed by atoms with E-state index in [2.05, 4.69) is 5.32 Å². The van der Waals surface area contributed by atoms with Gasteiger partial charge in [-0.1, -0.05) is 12.1 Å². The molecule has 0 unspecified atom stereocenters. The molecular formula is C12H14F3N. The van der Waals surface area contributed by atoms with E-state index in [0.29, 0.717) is 0 Å². The summed E-state index contributed by atoms with van der Waals surface area (Å²) in [5, 5.41) is 3.09. The number of hydrogen-bond donors (Lipinski definition) is 1. The maximum absolute atomic E-state index is 12.4. The fraction of sp³-hybridized carbons (Fsp3) is 0.500. The third-order valence-electron chi connectivity index (χ3n) is 3.19. The number of hydrogen-bond acceptors (Lipinski definition) is 1. The minimum atomic E-state index is -4.24. The van der Waals surface area contributed by atoms with E-state index < -0.39 is 11.7 Å². The van der Waals surface area contributed by atoms with Gasteiger partial charge in [0.15, 0.2) is 0 Å². The number of alkyl halides is 3. The highest BCUT2D eigenvalue weighted by Gasteiger charge is 2.43. The van der Waals surface area contributed by atoms with E-state index in [0.717, 1.165) is 24.9 Å². The molecule has 1 fully saturated rings. The van der Waals surface area contributed by atoms with Crippen LogP contribution in [0, 0.1) is 0 Å². The van der Waals surface area contributed by atoms with Crippen molar-refractivity contribution in [1.82, 2.24) is 5.32 Å². The van der Waals surface area contributed by atoms with Crippen LogP contribution in [0.4, 0.5) is 13.2 Å². The summed E-state index contributed by atoms with van der Waals surface area (Å²) >= 11 is 0. The van der Waals surface area contributed by atoms with Gasteiger partial charge in [0.05, 0.1) is 5.56 Å². The van der Waals surface area contributed by atoms with Crippen molar-refractivity contribution < 1.29 is 13.2 Å². The van der Waals surface area contributed by atoms with Crippen molar-refractivity contribution in [1.29, 1.82) is 0 Å². The van der Waals surface area contributed by atoms with Crippen LogP contribution in [0.25, 0.3) is 0 Å². The van der Waals surface area contributed by atoms with Gasteiger partial charge in [0.25, 0.3) is 0 Å². The van der Waals surface area contributed by atoms with E-state index >= 15 is 0 Å². The van der Waals surface area contributed by atoms with Crippen molar-refractivity contribution in [3.63, 3.8) is 0 Å². The number of benzene rings is 1. The van der Waals surface area contributed by atoms with E-state index in [9.17, 15) is 13.2 Å². The first-order valence-electron chi connectivity index (χ1n) is 5.30. The summed E-state index contributed by atoms with van der Waals surface area (Å²) < 4.78 is 37.1. The van der Waals surface area contributed by atoms with E-state index in [1.165, 1.54) is 12.1 Å². The smallest absolute Gasteiger partial charge is 0.319 e. The first-order chi connectivity index (χ1) is 7.48. The van der Waals surface area contributed by atoms with Gasteiger partial charge < -0.3 is 5.32 Å². The lowest BCUT2D eigenvalue weighted by Gasteiger charge is -2.16. The minimum absolute atomic E-state index is 0.0822. The van der Waals surface area contributed by atoms with Crippen molar-refractivity contribution in [3.8, 4) is 0 Å². The zero-order valence-electron chi connectivity index (χ0n) is 9.06. The standard InChI is InChI=1S/C12H14F3N/c1-16-8-11(6-7-11)9-2-4-10(5-3-9)12(13,14)15/h2-5,16H,6-8H2,1H3. The van der Waals surface area contributed by atoms with Crippen molar-refractivity contribution >= 4 is 0 Å². The van der Waals surface area contributed by atoms with Crippen LogP contribution in [0.3, 0.4) is 0 Å². The highest BCUT2D eigenvalue weighted by atomic mass is 19.4. The van der Waals surface area contributed by atoms with E-state index in [1.807, 2.05) is 7.05 Å². The fourth-order valence-corrected chi connectivity index (χ4v) is 2.07.